The molecule has 0 saturated heterocycles. The van der Waals surface area contributed by atoms with Gasteiger partial charge < -0.3 is 15.2 Å². The Morgan fingerprint density at radius 1 is 1.33 bits per heavy atom. The summed E-state index contributed by atoms with van der Waals surface area (Å²) in [4.78, 5) is 10.4. The minimum Gasteiger partial charge on any atom is -0.481 e. The molecular formula is C11H20F3NO3. The van der Waals surface area contributed by atoms with Crippen LogP contribution >= 0.6 is 0 Å². The Bertz CT molecular complexity index is 244. The maximum atomic E-state index is 12.2. The molecule has 0 heterocycles. The van der Waals surface area contributed by atoms with Crippen molar-refractivity contribution in [1.29, 1.82) is 0 Å². The summed E-state index contributed by atoms with van der Waals surface area (Å²) in [7, 11) is 0. The van der Waals surface area contributed by atoms with Gasteiger partial charge in [-0.15, -0.1) is 0 Å². The van der Waals surface area contributed by atoms with Gasteiger partial charge in [-0.25, -0.2) is 0 Å². The van der Waals surface area contributed by atoms with Crippen molar-refractivity contribution in [3.05, 3.63) is 0 Å². The Balaban J connectivity index is 3.66. The van der Waals surface area contributed by atoms with Crippen LogP contribution in [0, 0.1) is 11.8 Å². The number of carboxylic acids is 1. The molecule has 108 valence electrons. The van der Waals surface area contributed by atoms with Gasteiger partial charge in [0.15, 0.2) is 5.92 Å². The summed E-state index contributed by atoms with van der Waals surface area (Å²) in [5, 5.41) is 10.9. The number of alkyl halides is 3. The van der Waals surface area contributed by atoms with E-state index in [1.807, 2.05) is 13.8 Å². The molecule has 0 aromatic rings. The van der Waals surface area contributed by atoms with E-state index in [4.69, 9.17) is 9.84 Å². The van der Waals surface area contributed by atoms with Gasteiger partial charge in [-0.1, -0.05) is 13.8 Å². The highest BCUT2D eigenvalue weighted by Crippen LogP contribution is 2.25. The quantitative estimate of drug-likeness (QED) is 0.629. The van der Waals surface area contributed by atoms with E-state index in [1.54, 1.807) is 0 Å². The van der Waals surface area contributed by atoms with Gasteiger partial charge in [0.25, 0.3) is 0 Å². The molecular weight excluding hydrogens is 251 g/mol. The summed E-state index contributed by atoms with van der Waals surface area (Å²) in [5.41, 5.74) is 0. The summed E-state index contributed by atoms with van der Waals surface area (Å²) in [6.45, 7) is 4.49. The number of ether oxygens (including phenoxy) is 1. The van der Waals surface area contributed by atoms with E-state index < -0.39 is 24.6 Å². The molecule has 0 amide bonds. The van der Waals surface area contributed by atoms with E-state index >= 15 is 0 Å². The van der Waals surface area contributed by atoms with Crippen molar-refractivity contribution >= 4 is 5.97 Å². The van der Waals surface area contributed by atoms with Crippen molar-refractivity contribution < 1.29 is 27.8 Å². The number of halogens is 3. The smallest absolute Gasteiger partial charge is 0.403 e. The second-order valence-electron chi connectivity index (χ2n) is 4.43. The first-order valence-electron chi connectivity index (χ1n) is 5.83. The number of nitrogens with one attached hydrogen (secondary N) is 1. The molecule has 4 nitrogen and oxygen atoms in total. The van der Waals surface area contributed by atoms with Gasteiger partial charge in [0, 0.05) is 19.7 Å². The van der Waals surface area contributed by atoms with E-state index in [1.165, 1.54) is 0 Å². The Hall–Kier alpha value is -0.820. The summed E-state index contributed by atoms with van der Waals surface area (Å²) in [6.07, 6.45) is -3.84. The van der Waals surface area contributed by atoms with E-state index in [9.17, 15) is 18.0 Å². The lowest BCUT2D eigenvalue weighted by atomic mass is 10.1. The van der Waals surface area contributed by atoms with Crippen LogP contribution in [-0.4, -0.2) is 43.6 Å². The minimum atomic E-state index is -4.72. The Morgan fingerprint density at radius 2 is 1.94 bits per heavy atom. The van der Waals surface area contributed by atoms with Crippen molar-refractivity contribution in [2.45, 2.75) is 26.4 Å². The van der Waals surface area contributed by atoms with E-state index in [0.717, 1.165) is 6.42 Å². The van der Waals surface area contributed by atoms with Gasteiger partial charge in [0.2, 0.25) is 0 Å². The van der Waals surface area contributed by atoms with Crippen LogP contribution in [0.5, 0.6) is 0 Å². The molecule has 1 atom stereocenters. The third kappa shape index (κ3) is 8.30. The normalized spacial score (nSPS) is 13.9. The fourth-order valence-corrected chi connectivity index (χ4v) is 1.15. The molecule has 0 spiro atoms. The second-order valence-corrected chi connectivity index (χ2v) is 4.43. The lowest BCUT2D eigenvalue weighted by molar-refractivity contribution is -0.192. The Kier molecular flexibility index (Phi) is 7.93. The molecule has 0 bridgehead atoms. The molecule has 0 aliphatic carbocycles. The highest BCUT2D eigenvalue weighted by Gasteiger charge is 2.44. The van der Waals surface area contributed by atoms with Crippen LogP contribution in [0.15, 0.2) is 0 Å². The maximum Gasteiger partial charge on any atom is 0.403 e. The van der Waals surface area contributed by atoms with Gasteiger partial charge in [-0.2, -0.15) is 13.2 Å². The third-order valence-corrected chi connectivity index (χ3v) is 2.30. The van der Waals surface area contributed by atoms with Gasteiger partial charge in [0.1, 0.15) is 0 Å². The van der Waals surface area contributed by atoms with Crippen LogP contribution in [0.3, 0.4) is 0 Å². The average molecular weight is 271 g/mol. The van der Waals surface area contributed by atoms with Gasteiger partial charge >= 0.3 is 12.1 Å². The van der Waals surface area contributed by atoms with Gasteiger partial charge in [0.05, 0.1) is 6.61 Å². The summed E-state index contributed by atoms with van der Waals surface area (Å²) in [5.74, 6) is -3.72. The van der Waals surface area contributed by atoms with Crippen LogP contribution < -0.4 is 5.32 Å². The monoisotopic (exact) mass is 271 g/mol. The maximum absolute atomic E-state index is 12.2. The van der Waals surface area contributed by atoms with E-state index in [2.05, 4.69) is 5.32 Å². The zero-order chi connectivity index (χ0) is 14.2. The first-order chi connectivity index (χ1) is 8.25. The third-order valence-electron chi connectivity index (χ3n) is 2.30. The standard InChI is InChI=1S/C11H20F3NO3/c1-8(2)3-5-18-6-4-15-7-9(10(16)17)11(12,13)14/h8-9,15H,3-7H2,1-2H3,(H,16,17). The predicted octanol–water partition coefficient (Wildman–Crippen LogP) is 1.90. The van der Waals surface area contributed by atoms with Crippen molar-refractivity contribution in [2.24, 2.45) is 11.8 Å². The molecule has 0 radical (unpaired) electrons. The molecule has 0 rings (SSSR count). The van der Waals surface area contributed by atoms with Gasteiger partial charge in [-0.05, 0) is 12.3 Å². The average Bonchev–Trinajstić information content (AvgIpc) is 2.18. The topological polar surface area (TPSA) is 58.6 Å². The first-order valence-corrected chi connectivity index (χ1v) is 5.83. The molecule has 0 aromatic carbocycles. The molecule has 0 aliphatic heterocycles. The number of aliphatic carboxylic acids is 1. The number of rotatable bonds is 9. The number of hydrogen-bond acceptors (Lipinski definition) is 3. The lowest BCUT2D eigenvalue weighted by Crippen LogP contribution is -2.40. The molecule has 2 N–H and O–H groups in total. The molecule has 18 heavy (non-hydrogen) atoms. The highest BCUT2D eigenvalue weighted by atomic mass is 19.4. The van der Waals surface area contributed by atoms with Crippen molar-refractivity contribution in [1.82, 2.24) is 5.32 Å². The van der Waals surface area contributed by atoms with Crippen molar-refractivity contribution in [3.8, 4) is 0 Å². The van der Waals surface area contributed by atoms with Crippen LogP contribution in [0.2, 0.25) is 0 Å². The summed E-state index contributed by atoms with van der Waals surface area (Å²) >= 11 is 0. The molecule has 0 saturated carbocycles. The molecule has 1 unspecified atom stereocenters. The fourth-order valence-electron chi connectivity index (χ4n) is 1.15. The van der Waals surface area contributed by atoms with Crippen molar-refractivity contribution in [3.63, 3.8) is 0 Å². The van der Waals surface area contributed by atoms with E-state index in [-0.39, 0.29) is 13.2 Å². The Morgan fingerprint density at radius 3 is 2.39 bits per heavy atom. The number of hydrogen-bond donors (Lipinski definition) is 2. The second kappa shape index (κ2) is 8.31. The number of carbonyl (C=O) groups is 1. The SMILES string of the molecule is CC(C)CCOCCNCC(C(=O)O)C(F)(F)F. The van der Waals surface area contributed by atoms with Crippen LogP contribution in [0.4, 0.5) is 13.2 Å². The summed E-state index contributed by atoms with van der Waals surface area (Å²) in [6, 6.07) is 0. The molecule has 0 fully saturated rings. The molecule has 7 heteroatoms. The van der Waals surface area contributed by atoms with Crippen LogP contribution in [0.25, 0.3) is 0 Å². The Labute approximate surface area is 105 Å². The number of carboxylic acid groups (broad SMARTS) is 1. The fraction of sp³-hybridized carbons (Fsp3) is 0.909. The largest absolute Gasteiger partial charge is 0.481 e. The van der Waals surface area contributed by atoms with Gasteiger partial charge in [-0.3, -0.25) is 4.79 Å². The summed E-state index contributed by atoms with van der Waals surface area (Å²) < 4.78 is 41.9. The van der Waals surface area contributed by atoms with Crippen LogP contribution in [-0.2, 0) is 9.53 Å². The van der Waals surface area contributed by atoms with E-state index in [0.29, 0.717) is 12.5 Å². The van der Waals surface area contributed by atoms with Crippen molar-refractivity contribution in [2.75, 3.05) is 26.3 Å². The zero-order valence-electron chi connectivity index (χ0n) is 10.6. The molecule has 0 aromatic heterocycles. The zero-order valence-corrected chi connectivity index (χ0v) is 10.6. The molecule has 0 aliphatic rings. The lowest BCUT2D eigenvalue weighted by Gasteiger charge is -2.16. The highest BCUT2D eigenvalue weighted by molar-refractivity contribution is 5.71. The minimum absolute atomic E-state index is 0.206. The first kappa shape index (κ1) is 17.2. The van der Waals surface area contributed by atoms with Crippen LogP contribution in [0.1, 0.15) is 20.3 Å². The predicted molar refractivity (Wildman–Crippen MR) is 60.3 cm³/mol.